The van der Waals surface area contributed by atoms with Crippen molar-refractivity contribution >= 4 is 11.9 Å². The van der Waals surface area contributed by atoms with Crippen LogP contribution in [-0.4, -0.2) is 24.1 Å². The van der Waals surface area contributed by atoms with Gasteiger partial charge >= 0.3 is 5.97 Å². The fourth-order valence-corrected chi connectivity index (χ4v) is 0.649. The molecule has 1 heterocycles. The number of nitrogens with two attached hydrogens (primary N) is 1. The molecule has 1 amide bonds. The molecule has 0 radical (unpaired) electrons. The van der Waals surface area contributed by atoms with E-state index in [-0.39, 0.29) is 5.91 Å². The molecule has 0 aromatic carbocycles. The average molecular weight is 144 g/mol. The van der Waals surface area contributed by atoms with Gasteiger partial charge in [-0.2, -0.15) is 0 Å². The summed E-state index contributed by atoms with van der Waals surface area (Å²) in [6, 6.07) is -0.691. The van der Waals surface area contributed by atoms with Gasteiger partial charge in [-0.3, -0.25) is 9.59 Å². The van der Waals surface area contributed by atoms with Crippen molar-refractivity contribution in [1.82, 2.24) is 5.32 Å². The van der Waals surface area contributed by atoms with E-state index in [2.05, 4.69) is 10.1 Å². The van der Waals surface area contributed by atoms with E-state index in [1.807, 2.05) is 0 Å². The molecule has 10 heavy (non-hydrogen) atoms. The van der Waals surface area contributed by atoms with Gasteiger partial charge in [0.05, 0.1) is 0 Å². The van der Waals surface area contributed by atoms with Crippen molar-refractivity contribution in [3.8, 4) is 0 Å². The summed E-state index contributed by atoms with van der Waals surface area (Å²) < 4.78 is 4.57. The van der Waals surface area contributed by atoms with Gasteiger partial charge in [-0.05, 0) is 0 Å². The molecule has 1 rings (SSSR count). The third-order valence-corrected chi connectivity index (χ3v) is 1.21. The smallest absolute Gasteiger partial charge is 0.304 e. The number of carbonyl (C=O) groups excluding carboxylic acids is 2. The van der Waals surface area contributed by atoms with Gasteiger partial charge in [0, 0.05) is 6.92 Å². The summed E-state index contributed by atoms with van der Waals surface area (Å²) in [4.78, 5) is 20.7. The molecule has 1 saturated heterocycles. The molecule has 0 aliphatic carbocycles. The van der Waals surface area contributed by atoms with Crippen LogP contribution in [0.4, 0.5) is 0 Å². The Bertz CT molecular complexity index is 180. The van der Waals surface area contributed by atoms with Crippen LogP contribution in [0.2, 0.25) is 0 Å². The van der Waals surface area contributed by atoms with Crippen LogP contribution >= 0.6 is 0 Å². The van der Waals surface area contributed by atoms with E-state index in [9.17, 15) is 9.59 Å². The fourth-order valence-electron chi connectivity index (χ4n) is 0.649. The summed E-state index contributed by atoms with van der Waals surface area (Å²) in [6.07, 6.45) is -0.620. The van der Waals surface area contributed by atoms with Crippen LogP contribution in [-0.2, 0) is 14.3 Å². The highest BCUT2D eigenvalue weighted by molar-refractivity contribution is 5.89. The lowest BCUT2D eigenvalue weighted by Gasteiger charge is -2.32. The zero-order valence-electron chi connectivity index (χ0n) is 5.46. The van der Waals surface area contributed by atoms with Gasteiger partial charge in [-0.15, -0.1) is 0 Å². The second kappa shape index (κ2) is 2.26. The third kappa shape index (κ3) is 1.08. The highest BCUT2D eigenvalue weighted by Gasteiger charge is 2.38. The molecule has 3 N–H and O–H groups in total. The number of carbonyl (C=O) groups is 2. The molecule has 2 atom stereocenters. The maximum atomic E-state index is 10.4. The molecule has 0 saturated carbocycles. The summed E-state index contributed by atoms with van der Waals surface area (Å²) in [5.41, 5.74) is 5.23. The van der Waals surface area contributed by atoms with Crippen molar-refractivity contribution in [3.63, 3.8) is 0 Å². The minimum absolute atomic E-state index is 0.286. The van der Waals surface area contributed by atoms with Gasteiger partial charge in [0.2, 0.25) is 5.91 Å². The molecule has 1 aliphatic rings. The van der Waals surface area contributed by atoms with Crippen molar-refractivity contribution in [2.75, 3.05) is 0 Å². The number of ether oxygens (including phenoxy) is 1. The Morgan fingerprint density at radius 2 is 2.40 bits per heavy atom. The van der Waals surface area contributed by atoms with E-state index < -0.39 is 18.2 Å². The minimum atomic E-state index is -0.691. The quantitative estimate of drug-likeness (QED) is 0.340. The molecule has 1 fully saturated rings. The summed E-state index contributed by atoms with van der Waals surface area (Å²) >= 11 is 0. The maximum Gasteiger partial charge on any atom is 0.304 e. The molecular formula is C5H8N2O3. The number of nitrogens with one attached hydrogen (secondary N) is 1. The van der Waals surface area contributed by atoms with E-state index in [0.717, 1.165) is 0 Å². The molecule has 1 aliphatic heterocycles. The van der Waals surface area contributed by atoms with Gasteiger partial charge in [0.25, 0.3) is 0 Å². The molecule has 56 valence electrons. The number of amides is 1. The summed E-state index contributed by atoms with van der Waals surface area (Å²) in [5, 5.41) is 2.32. The predicted molar refractivity (Wildman–Crippen MR) is 31.7 cm³/mol. The second-order valence-electron chi connectivity index (χ2n) is 2.06. The SMILES string of the molecule is CC(=O)O[C@H]1NC(=O)[C@@H]1N. The molecule has 0 bridgehead atoms. The Hall–Kier alpha value is -1.10. The topological polar surface area (TPSA) is 81.4 Å². The van der Waals surface area contributed by atoms with Gasteiger partial charge in [0.15, 0.2) is 6.23 Å². The van der Waals surface area contributed by atoms with Crippen LogP contribution in [0, 0.1) is 0 Å². The summed E-state index contributed by atoms with van der Waals surface area (Å²) in [6.45, 7) is 1.26. The van der Waals surface area contributed by atoms with Gasteiger partial charge < -0.3 is 15.8 Å². The van der Waals surface area contributed by atoms with E-state index in [4.69, 9.17) is 5.73 Å². The first-order valence-electron chi connectivity index (χ1n) is 2.84. The van der Waals surface area contributed by atoms with Crippen LogP contribution in [0.1, 0.15) is 6.92 Å². The first kappa shape index (κ1) is 7.01. The summed E-state index contributed by atoms with van der Waals surface area (Å²) in [7, 11) is 0. The Kier molecular flexibility index (Phi) is 1.58. The fraction of sp³-hybridized carbons (Fsp3) is 0.600. The molecule has 5 nitrogen and oxygen atoms in total. The largest absolute Gasteiger partial charge is 0.440 e. The van der Waals surface area contributed by atoms with Crippen molar-refractivity contribution in [2.24, 2.45) is 5.73 Å². The zero-order valence-corrected chi connectivity index (χ0v) is 5.46. The van der Waals surface area contributed by atoms with Gasteiger partial charge in [0.1, 0.15) is 6.04 Å². The molecular weight excluding hydrogens is 136 g/mol. The monoisotopic (exact) mass is 144 g/mol. The first-order chi connectivity index (χ1) is 4.61. The van der Waals surface area contributed by atoms with E-state index in [1.165, 1.54) is 6.92 Å². The van der Waals surface area contributed by atoms with E-state index in [1.54, 1.807) is 0 Å². The van der Waals surface area contributed by atoms with Crippen molar-refractivity contribution in [2.45, 2.75) is 19.2 Å². The number of esters is 1. The van der Waals surface area contributed by atoms with Crippen LogP contribution in [0.3, 0.4) is 0 Å². The number of rotatable bonds is 1. The minimum Gasteiger partial charge on any atom is -0.440 e. The first-order valence-corrected chi connectivity index (χ1v) is 2.84. The number of hydrogen-bond acceptors (Lipinski definition) is 4. The van der Waals surface area contributed by atoms with Crippen molar-refractivity contribution in [1.29, 1.82) is 0 Å². The highest BCUT2D eigenvalue weighted by Crippen LogP contribution is 2.04. The number of β-lactam (4-membered cyclic amide) rings is 1. The Balaban J connectivity index is 2.34. The predicted octanol–water partition coefficient (Wildman–Crippen LogP) is -1.67. The Labute approximate surface area is 57.5 Å². The van der Waals surface area contributed by atoms with Crippen molar-refractivity contribution < 1.29 is 14.3 Å². The summed E-state index contributed by atoms with van der Waals surface area (Å²) in [5.74, 6) is -0.730. The lowest BCUT2D eigenvalue weighted by atomic mass is 10.1. The highest BCUT2D eigenvalue weighted by atomic mass is 16.6. The lowest BCUT2D eigenvalue weighted by Crippen LogP contribution is -2.67. The van der Waals surface area contributed by atoms with Gasteiger partial charge in [-0.25, -0.2) is 0 Å². The standard InChI is InChI=1S/C5H8N2O3/c1-2(8)10-5-3(6)4(9)7-5/h3,5H,6H2,1H3,(H,7,9)/t3-,5+/m0/s1. The van der Waals surface area contributed by atoms with Crippen LogP contribution in [0.5, 0.6) is 0 Å². The molecule has 0 aromatic rings. The van der Waals surface area contributed by atoms with Crippen LogP contribution in [0.25, 0.3) is 0 Å². The number of hydrogen-bond donors (Lipinski definition) is 2. The maximum absolute atomic E-state index is 10.4. The Morgan fingerprint density at radius 3 is 2.70 bits per heavy atom. The molecule has 0 unspecified atom stereocenters. The third-order valence-electron chi connectivity index (χ3n) is 1.21. The molecule has 0 aromatic heterocycles. The van der Waals surface area contributed by atoms with Gasteiger partial charge in [-0.1, -0.05) is 0 Å². The lowest BCUT2D eigenvalue weighted by molar-refractivity contribution is -0.161. The molecule has 0 spiro atoms. The Morgan fingerprint density at radius 1 is 1.80 bits per heavy atom. The van der Waals surface area contributed by atoms with Crippen LogP contribution < -0.4 is 11.1 Å². The van der Waals surface area contributed by atoms with E-state index >= 15 is 0 Å². The zero-order chi connectivity index (χ0) is 7.72. The van der Waals surface area contributed by atoms with Crippen LogP contribution in [0.15, 0.2) is 0 Å². The second-order valence-corrected chi connectivity index (χ2v) is 2.06. The molecule has 5 heteroatoms. The van der Waals surface area contributed by atoms with E-state index in [0.29, 0.717) is 0 Å². The average Bonchev–Trinajstić information content (AvgIpc) is 1.86. The normalized spacial score (nSPS) is 30.4. The van der Waals surface area contributed by atoms with Crippen molar-refractivity contribution in [3.05, 3.63) is 0 Å².